The van der Waals surface area contributed by atoms with Crippen LogP contribution in [0, 0.1) is 0 Å². The maximum absolute atomic E-state index is 11.9. The number of carbonyl (C=O) groups excluding carboxylic acids is 1. The molecule has 1 aromatic rings. The van der Waals surface area contributed by atoms with Gasteiger partial charge < -0.3 is 19.5 Å². The highest BCUT2D eigenvalue weighted by molar-refractivity contribution is 6.00. The molecule has 5 nitrogen and oxygen atoms in total. The van der Waals surface area contributed by atoms with E-state index in [4.69, 9.17) is 14.2 Å². The Labute approximate surface area is 99.7 Å². The molecule has 1 aliphatic rings. The summed E-state index contributed by atoms with van der Waals surface area (Å²) in [5.41, 5.74) is 1.43. The molecule has 0 saturated heterocycles. The number of likely N-dealkylation sites (N-methyl/N-ethyl adjacent to an activating group) is 1. The average molecular weight is 237 g/mol. The van der Waals surface area contributed by atoms with Gasteiger partial charge in [0.05, 0.1) is 25.8 Å². The maximum Gasteiger partial charge on any atom is 0.189 e. The minimum Gasteiger partial charge on any atom is -0.496 e. The average Bonchev–Trinajstić information content (AvgIpc) is 2.37. The number of hydrogen-bond donors (Lipinski definition) is 1. The first-order chi connectivity index (χ1) is 8.26. The molecule has 92 valence electrons. The first-order valence-corrected chi connectivity index (χ1v) is 5.35. The molecule has 0 amide bonds. The Morgan fingerprint density at radius 1 is 1.53 bits per heavy atom. The normalized spacial score (nSPS) is 13.8. The van der Waals surface area contributed by atoms with E-state index in [0.717, 1.165) is 5.56 Å². The van der Waals surface area contributed by atoms with Crippen LogP contribution in [0.4, 0.5) is 0 Å². The van der Waals surface area contributed by atoms with Gasteiger partial charge in [-0.2, -0.15) is 0 Å². The summed E-state index contributed by atoms with van der Waals surface area (Å²) >= 11 is 0. The molecule has 1 heterocycles. The van der Waals surface area contributed by atoms with Gasteiger partial charge in [-0.05, 0) is 19.2 Å². The van der Waals surface area contributed by atoms with Gasteiger partial charge in [0, 0.05) is 5.56 Å². The van der Waals surface area contributed by atoms with Crippen molar-refractivity contribution in [3.05, 3.63) is 23.3 Å². The van der Waals surface area contributed by atoms with Gasteiger partial charge in [-0.1, -0.05) is 0 Å². The van der Waals surface area contributed by atoms with Crippen LogP contribution >= 0.6 is 0 Å². The number of methoxy groups -OCH3 is 1. The van der Waals surface area contributed by atoms with E-state index in [1.165, 1.54) is 0 Å². The third-order valence-corrected chi connectivity index (χ3v) is 2.58. The zero-order valence-corrected chi connectivity index (χ0v) is 9.91. The van der Waals surface area contributed by atoms with E-state index < -0.39 is 0 Å². The predicted octanol–water partition coefficient (Wildman–Crippen LogP) is 0.964. The van der Waals surface area contributed by atoms with Crippen molar-refractivity contribution in [1.29, 1.82) is 0 Å². The predicted molar refractivity (Wildman–Crippen MR) is 61.5 cm³/mol. The summed E-state index contributed by atoms with van der Waals surface area (Å²) in [6.07, 6.45) is 0. The Bertz CT molecular complexity index is 431. The van der Waals surface area contributed by atoms with E-state index in [-0.39, 0.29) is 19.1 Å². The molecule has 0 atom stereocenters. The highest BCUT2D eigenvalue weighted by Crippen LogP contribution is 2.31. The second kappa shape index (κ2) is 5.16. The molecule has 0 aromatic heterocycles. The lowest BCUT2D eigenvalue weighted by molar-refractivity contribution is -0.0165. The Morgan fingerprint density at radius 3 is 3.06 bits per heavy atom. The number of hydrogen-bond acceptors (Lipinski definition) is 5. The molecule has 1 aliphatic heterocycles. The van der Waals surface area contributed by atoms with E-state index in [1.54, 1.807) is 26.3 Å². The van der Waals surface area contributed by atoms with Crippen LogP contribution in [0.2, 0.25) is 0 Å². The molecule has 1 N–H and O–H groups in total. The molecule has 2 rings (SSSR count). The van der Waals surface area contributed by atoms with E-state index in [9.17, 15) is 4.79 Å². The largest absolute Gasteiger partial charge is 0.496 e. The quantitative estimate of drug-likeness (QED) is 0.790. The number of benzene rings is 1. The molecule has 0 saturated carbocycles. The minimum atomic E-state index is -0.0257. The summed E-state index contributed by atoms with van der Waals surface area (Å²) < 4.78 is 15.7. The number of Topliss-reactive ketones (excluding diaryl/α,β-unsaturated/α-hetero) is 1. The van der Waals surface area contributed by atoms with Crippen molar-refractivity contribution in [2.45, 2.75) is 6.61 Å². The van der Waals surface area contributed by atoms with Crippen LogP contribution in [0.15, 0.2) is 12.1 Å². The van der Waals surface area contributed by atoms with Crippen molar-refractivity contribution in [2.24, 2.45) is 0 Å². The Hall–Kier alpha value is -1.59. The van der Waals surface area contributed by atoms with Crippen LogP contribution < -0.4 is 14.8 Å². The van der Waals surface area contributed by atoms with Crippen molar-refractivity contribution in [3.63, 3.8) is 0 Å². The fraction of sp³-hybridized carbons (Fsp3) is 0.417. The fourth-order valence-corrected chi connectivity index (χ4v) is 1.75. The van der Waals surface area contributed by atoms with Crippen molar-refractivity contribution in [2.75, 3.05) is 27.5 Å². The van der Waals surface area contributed by atoms with Crippen molar-refractivity contribution < 1.29 is 19.0 Å². The summed E-state index contributed by atoms with van der Waals surface area (Å²) in [5, 5.41) is 2.83. The van der Waals surface area contributed by atoms with Crippen molar-refractivity contribution in [3.8, 4) is 11.5 Å². The fourth-order valence-electron chi connectivity index (χ4n) is 1.75. The topological polar surface area (TPSA) is 56.8 Å². The smallest absolute Gasteiger partial charge is 0.189 e. The molecule has 5 heteroatoms. The Kier molecular flexibility index (Phi) is 3.61. The van der Waals surface area contributed by atoms with Crippen LogP contribution in [0.5, 0.6) is 11.5 Å². The zero-order chi connectivity index (χ0) is 12.3. The minimum absolute atomic E-state index is 0.0257. The van der Waals surface area contributed by atoms with Crippen LogP contribution in [0.1, 0.15) is 15.9 Å². The molecular weight excluding hydrogens is 222 g/mol. The summed E-state index contributed by atoms with van der Waals surface area (Å²) in [7, 11) is 3.27. The molecule has 0 unspecified atom stereocenters. The third kappa shape index (κ3) is 2.40. The Balaban J connectivity index is 2.39. The molecule has 17 heavy (non-hydrogen) atoms. The molecular formula is C12H15NO4. The van der Waals surface area contributed by atoms with E-state index in [0.29, 0.717) is 23.7 Å². The lowest BCUT2D eigenvalue weighted by atomic mass is 10.0. The highest BCUT2D eigenvalue weighted by atomic mass is 16.7. The number of ketones is 1. The van der Waals surface area contributed by atoms with Crippen LogP contribution in [-0.4, -0.2) is 33.3 Å². The third-order valence-electron chi connectivity index (χ3n) is 2.58. The lowest BCUT2D eigenvalue weighted by Crippen LogP contribution is -2.20. The number of ether oxygens (including phenoxy) is 3. The van der Waals surface area contributed by atoms with Gasteiger partial charge >= 0.3 is 0 Å². The van der Waals surface area contributed by atoms with Crippen LogP contribution in [0.25, 0.3) is 0 Å². The van der Waals surface area contributed by atoms with Gasteiger partial charge in [-0.25, -0.2) is 0 Å². The van der Waals surface area contributed by atoms with Gasteiger partial charge in [-0.15, -0.1) is 0 Å². The lowest BCUT2D eigenvalue weighted by Gasteiger charge is -2.19. The highest BCUT2D eigenvalue weighted by Gasteiger charge is 2.19. The molecule has 0 bridgehead atoms. The second-order valence-electron chi connectivity index (χ2n) is 3.72. The first kappa shape index (κ1) is 11.9. The van der Waals surface area contributed by atoms with E-state index in [1.807, 2.05) is 0 Å². The van der Waals surface area contributed by atoms with Gasteiger partial charge in [0.25, 0.3) is 0 Å². The van der Waals surface area contributed by atoms with Crippen LogP contribution in [0.3, 0.4) is 0 Å². The standard InChI is InChI=1S/C12H15NO4/c1-13-5-10(14)9-4-11-8(3-12(9)15-2)6-16-7-17-11/h3-4,13H,5-7H2,1-2H3. The summed E-state index contributed by atoms with van der Waals surface area (Å²) in [6.45, 7) is 0.969. The maximum atomic E-state index is 11.9. The number of fused-ring (bicyclic) bond motifs is 1. The molecule has 0 fully saturated rings. The van der Waals surface area contributed by atoms with Gasteiger partial charge in [0.2, 0.25) is 0 Å². The number of rotatable bonds is 4. The van der Waals surface area contributed by atoms with Crippen molar-refractivity contribution in [1.82, 2.24) is 5.32 Å². The van der Waals surface area contributed by atoms with E-state index in [2.05, 4.69) is 5.32 Å². The molecule has 1 aromatic carbocycles. The summed E-state index contributed by atoms with van der Waals surface area (Å²) in [4.78, 5) is 11.9. The first-order valence-electron chi connectivity index (χ1n) is 5.35. The second-order valence-corrected chi connectivity index (χ2v) is 3.72. The van der Waals surface area contributed by atoms with Gasteiger partial charge in [0.15, 0.2) is 12.6 Å². The summed E-state index contributed by atoms with van der Waals surface area (Å²) in [5.74, 6) is 1.22. The number of carbonyl (C=O) groups is 1. The summed E-state index contributed by atoms with van der Waals surface area (Å²) in [6, 6.07) is 3.51. The monoisotopic (exact) mass is 237 g/mol. The van der Waals surface area contributed by atoms with Crippen LogP contribution in [-0.2, 0) is 11.3 Å². The zero-order valence-electron chi connectivity index (χ0n) is 9.91. The Morgan fingerprint density at radius 2 is 2.35 bits per heavy atom. The molecule has 0 spiro atoms. The van der Waals surface area contributed by atoms with Gasteiger partial charge in [-0.3, -0.25) is 4.79 Å². The van der Waals surface area contributed by atoms with Gasteiger partial charge in [0.1, 0.15) is 11.5 Å². The number of nitrogens with one attached hydrogen (secondary N) is 1. The van der Waals surface area contributed by atoms with Crippen molar-refractivity contribution >= 4 is 5.78 Å². The molecule has 0 radical (unpaired) electrons. The molecule has 0 aliphatic carbocycles. The van der Waals surface area contributed by atoms with E-state index >= 15 is 0 Å². The SMILES string of the molecule is CNCC(=O)c1cc2c(cc1OC)COCO2.